The number of hydrogen-bond donors (Lipinski definition) is 0. The number of alkyl halides is 1. The molecule has 180 valence electrons. The topological polar surface area (TPSA) is 108 Å². The summed E-state index contributed by atoms with van der Waals surface area (Å²) in [4.78, 5) is 22.7. The fourth-order valence-electron chi connectivity index (χ4n) is 2.61. The molecule has 0 saturated heterocycles. The van der Waals surface area contributed by atoms with Crippen LogP contribution in [0.5, 0.6) is 5.75 Å². The number of rotatable bonds is 15. The Morgan fingerprint density at radius 1 is 1.27 bits per heavy atom. The van der Waals surface area contributed by atoms with Crippen molar-refractivity contribution in [1.82, 2.24) is 4.67 Å². The second kappa shape index (κ2) is 13.5. The standard InChI is InChI=1S/C21H26ClN2O7PS/c1-3-14-29-21(25)15-17-6-8-18(9-7-17)31-32(28,23(2)13-5-4-12-22)30-16-19-10-11-20(33-19)24(26)27/h3,6-11H,1,4-5,12-16H2,2H3. The van der Waals surface area contributed by atoms with E-state index >= 15 is 0 Å². The van der Waals surface area contributed by atoms with Gasteiger partial charge in [-0.15, -0.1) is 11.6 Å². The molecule has 0 aliphatic heterocycles. The lowest BCUT2D eigenvalue weighted by atomic mass is 10.1. The summed E-state index contributed by atoms with van der Waals surface area (Å²) in [5, 5.41) is 10.9. The average Bonchev–Trinajstić information content (AvgIpc) is 3.27. The van der Waals surface area contributed by atoms with Crippen molar-refractivity contribution in [2.24, 2.45) is 0 Å². The summed E-state index contributed by atoms with van der Waals surface area (Å²) in [6.07, 6.45) is 2.99. The zero-order chi connectivity index (χ0) is 24.3. The predicted octanol–water partition coefficient (Wildman–Crippen LogP) is 5.58. The van der Waals surface area contributed by atoms with Crippen LogP contribution in [0.1, 0.15) is 23.3 Å². The minimum atomic E-state index is -3.79. The number of nitro groups is 1. The van der Waals surface area contributed by atoms with E-state index in [9.17, 15) is 19.5 Å². The highest BCUT2D eigenvalue weighted by molar-refractivity contribution is 7.51. The molecule has 1 heterocycles. The van der Waals surface area contributed by atoms with Crippen LogP contribution in [-0.2, 0) is 31.6 Å². The lowest BCUT2D eigenvalue weighted by Gasteiger charge is -2.27. The lowest BCUT2D eigenvalue weighted by molar-refractivity contribution is -0.380. The Kier molecular flexibility index (Phi) is 11.0. The molecule has 0 bridgehead atoms. The van der Waals surface area contributed by atoms with Crippen LogP contribution >= 0.6 is 30.7 Å². The fourth-order valence-corrected chi connectivity index (χ4v) is 5.09. The molecule has 0 saturated carbocycles. The zero-order valence-corrected chi connectivity index (χ0v) is 20.7. The van der Waals surface area contributed by atoms with E-state index in [1.165, 1.54) is 16.8 Å². The molecule has 1 unspecified atom stereocenters. The summed E-state index contributed by atoms with van der Waals surface area (Å²) in [6, 6.07) is 9.46. The summed E-state index contributed by atoms with van der Waals surface area (Å²) in [5.41, 5.74) is 0.702. The number of nitrogens with zero attached hydrogens (tertiary/aromatic N) is 2. The quantitative estimate of drug-likeness (QED) is 0.0574. The number of ether oxygens (including phenoxy) is 1. The van der Waals surface area contributed by atoms with Crippen molar-refractivity contribution in [3.8, 4) is 5.75 Å². The Balaban J connectivity index is 2.10. The van der Waals surface area contributed by atoms with Gasteiger partial charge in [0.25, 0.3) is 0 Å². The molecule has 1 aromatic heterocycles. The predicted molar refractivity (Wildman–Crippen MR) is 128 cm³/mol. The first-order valence-corrected chi connectivity index (χ1v) is 12.9. The molecule has 0 fully saturated rings. The van der Waals surface area contributed by atoms with Gasteiger partial charge in [0.2, 0.25) is 0 Å². The smallest absolute Gasteiger partial charge is 0.461 e. The van der Waals surface area contributed by atoms with Crippen molar-refractivity contribution < 1.29 is 28.1 Å². The maximum absolute atomic E-state index is 13.6. The molecule has 0 spiro atoms. The third-order valence-corrected chi connectivity index (χ3v) is 7.55. The molecular formula is C21H26ClN2O7PS. The normalized spacial score (nSPS) is 12.8. The minimum Gasteiger partial charge on any atom is -0.461 e. The molecule has 2 aromatic rings. The highest BCUT2D eigenvalue weighted by Gasteiger charge is 2.33. The SMILES string of the molecule is C=CCOC(=O)Cc1ccc(OP(=O)(OCc2ccc([N+](=O)[O-])s2)N(C)CCCCCl)cc1. The second-order valence-electron chi connectivity index (χ2n) is 6.90. The third kappa shape index (κ3) is 8.91. The third-order valence-electron chi connectivity index (χ3n) is 4.34. The molecule has 1 atom stereocenters. The van der Waals surface area contributed by atoms with Gasteiger partial charge in [-0.25, -0.2) is 9.24 Å². The highest BCUT2D eigenvalue weighted by Crippen LogP contribution is 2.52. The summed E-state index contributed by atoms with van der Waals surface area (Å²) in [6.45, 7) is 3.95. The molecule has 33 heavy (non-hydrogen) atoms. The van der Waals surface area contributed by atoms with Gasteiger partial charge < -0.3 is 9.26 Å². The number of unbranched alkanes of at least 4 members (excludes halogenated alkanes) is 1. The number of thiophene rings is 1. The van der Waals surface area contributed by atoms with Crippen LogP contribution in [0, 0.1) is 10.1 Å². The van der Waals surface area contributed by atoms with Crippen LogP contribution in [0.4, 0.5) is 5.00 Å². The molecule has 0 amide bonds. The van der Waals surface area contributed by atoms with E-state index in [4.69, 9.17) is 25.4 Å². The first-order valence-electron chi connectivity index (χ1n) is 10.1. The maximum Gasteiger partial charge on any atom is 0.461 e. The van der Waals surface area contributed by atoms with Crippen LogP contribution < -0.4 is 4.52 Å². The second-order valence-corrected chi connectivity index (χ2v) is 10.5. The van der Waals surface area contributed by atoms with E-state index in [0.29, 0.717) is 35.0 Å². The van der Waals surface area contributed by atoms with Gasteiger partial charge in [-0.05, 0) is 43.7 Å². The summed E-state index contributed by atoms with van der Waals surface area (Å²) < 4.78 is 31.5. The van der Waals surface area contributed by atoms with E-state index in [1.807, 2.05) is 0 Å². The highest BCUT2D eigenvalue weighted by atomic mass is 35.5. The maximum atomic E-state index is 13.6. The molecule has 0 aliphatic carbocycles. The number of hydrogen-bond acceptors (Lipinski definition) is 8. The summed E-state index contributed by atoms with van der Waals surface area (Å²) >= 11 is 6.68. The van der Waals surface area contributed by atoms with Crippen LogP contribution in [0.25, 0.3) is 0 Å². The van der Waals surface area contributed by atoms with E-state index in [0.717, 1.165) is 17.8 Å². The van der Waals surface area contributed by atoms with Gasteiger partial charge in [0, 0.05) is 23.4 Å². The monoisotopic (exact) mass is 516 g/mol. The first kappa shape index (κ1) is 27.0. The van der Waals surface area contributed by atoms with Crippen LogP contribution in [0.2, 0.25) is 0 Å². The Morgan fingerprint density at radius 2 is 2.00 bits per heavy atom. The van der Waals surface area contributed by atoms with Crippen LogP contribution in [0.15, 0.2) is 49.1 Å². The van der Waals surface area contributed by atoms with Gasteiger partial charge >= 0.3 is 18.7 Å². The van der Waals surface area contributed by atoms with Crippen molar-refractivity contribution >= 4 is 41.7 Å². The summed E-state index contributed by atoms with van der Waals surface area (Å²) in [5.74, 6) is 0.389. The zero-order valence-electron chi connectivity index (χ0n) is 18.2. The lowest BCUT2D eigenvalue weighted by Crippen LogP contribution is -2.21. The Hall–Kier alpha value is -2.23. The molecule has 1 aromatic carbocycles. The minimum absolute atomic E-state index is 0.0259. The number of benzene rings is 1. The molecular weight excluding hydrogens is 491 g/mol. The Bertz CT molecular complexity index is 983. The van der Waals surface area contributed by atoms with E-state index in [2.05, 4.69) is 6.58 Å². The van der Waals surface area contributed by atoms with Gasteiger partial charge in [0.15, 0.2) is 0 Å². The van der Waals surface area contributed by atoms with Crippen molar-refractivity contribution in [3.05, 3.63) is 69.6 Å². The van der Waals surface area contributed by atoms with Crippen molar-refractivity contribution in [3.63, 3.8) is 0 Å². The van der Waals surface area contributed by atoms with E-state index < -0.39 is 12.7 Å². The van der Waals surface area contributed by atoms with Gasteiger partial charge in [0.05, 0.1) is 18.0 Å². The van der Waals surface area contributed by atoms with Gasteiger partial charge in [0.1, 0.15) is 12.4 Å². The van der Waals surface area contributed by atoms with Gasteiger partial charge in [-0.1, -0.05) is 36.1 Å². The molecule has 0 radical (unpaired) electrons. The van der Waals surface area contributed by atoms with E-state index in [1.54, 1.807) is 37.4 Å². The first-order chi connectivity index (χ1) is 15.8. The largest absolute Gasteiger partial charge is 0.461 e. The molecule has 12 heteroatoms. The summed E-state index contributed by atoms with van der Waals surface area (Å²) in [7, 11) is -2.16. The van der Waals surface area contributed by atoms with Crippen molar-refractivity contribution in [2.45, 2.75) is 25.9 Å². The number of halogens is 1. The average molecular weight is 517 g/mol. The Morgan fingerprint density at radius 3 is 2.61 bits per heavy atom. The van der Waals surface area contributed by atoms with Crippen molar-refractivity contribution in [2.75, 3.05) is 26.1 Å². The number of carbonyl (C=O) groups is 1. The number of esters is 1. The molecule has 0 N–H and O–H groups in total. The molecule has 2 rings (SSSR count). The molecule has 9 nitrogen and oxygen atoms in total. The molecule has 0 aliphatic rings. The van der Waals surface area contributed by atoms with Crippen LogP contribution in [0.3, 0.4) is 0 Å². The van der Waals surface area contributed by atoms with Crippen LogP contribution in [-0.4, -0.2) is 41.6 Å². The fraction of sp³-hybridized carbons (Fsp3) is 0.381. The van der Waals surface area contributed by atoms with Gasteiger partial charge in [-0.3, -0.25) is 19.4 Å². The number of carbonyl (C=O) groups excluding carboxylic acids is 1. The van der Waals surface area contributed by atoms with Crippen molar-refractivity contribution in [1.29, 1.82) is 0 Å². The van der Waals surface area contributed by atoms with Gasteiger partial charge in [-0.2, -0.15) is 0 Å². The van der Waals surface area contributed by atoms with E-state index in [-0.39, 0.29) is 30.6 Å². The Labute approximate surface area is 201 Å².